The summed E-state index contributed by atoms with van der Waals surface area (Å²) in [6.45, 7) is 0. The summed E-state index contributed by atoms with van der Waals surface area (Å²) in [6, 6.07) is 12.9. The third kappa shape index (κ3) is 3.70. The van der Waals surface area contributed by atoms with Crippen molar-refractivity contribution in [3.63, 3.8) is 0 Å². The van der Waals surface area contributed by atoms with Gasteiger partial charge in [0.05, 0.1) is 18.4 Å². The molecule has 3 rings (SSSR count). The Morgan fingerprint density at radius 1 is 1.08 bits per heavy atom. The van der Waals surface area contributed by atoms with Crippen molar-refractivity contribution < 1.29 is 9.53 Å². The van der Waals surface area contributed by atoms with Crippen molar-refractivity contribution >= 4 is 11.7 Å². The Labute approximate surface area is 152 Å². The van der Waals surface area contributed by atoms with E-state index in [1.54, 1.807) is 30.7 Å². The molecular formula is C21H17N3O2. The van der Waals surface area contributed by atoms with Crippen molar-refractivity contribution in [2.75, 3.05) is 19.5 Å². The van der Waals surface area contributed by atoms with Crippen LogP contribution >= 0.6 is 0 Å². The highest BCUT2D eigenvalue weighted by molar-refractivity contribution is 5.97. The van der Waals surface area contributed by atoms with E-state index in [0.717, 1.165) is 22.4 Å². The molecule has 0 radical (unpaired) electrons. The lowest BCUT2D eigenvalue weighted by atomic mass is 10.0. The first-order valence-corrected chi connectivity index (χ1v) is 8.00. The molecule has 0 aliphatic heterocycles. The van der Waals surface area contributed by atoms with E-state index in [9.17, 15) is 4.79 Å². The van der Waals surface area contributed by atoms with Crippen LogP contribution in [-0.4, -0.2) is 30.1 Å². The predicted molar refractivity (Wildman–Crippen MR) is 101 cm³/mol. The van der Waals surface area contributed by atoms with Crippen LogP contribution < -0.4 is 5.32 Å². The average molecular weight is 343 g/mol. The van der Waals surface area contributed by atoms with Crippen LogP contribution in [0.25, 0.3) is 11.3 Å². The molecule has 5 heteroatoms. The minimum atomic E-state index is -0.421. The number of hydrogen-bond acceptors (Lipinski definition) is 5. The number of hydrogen-bond donors (Lipinski definition) is 1. The fourth-order valence-electron chi connectivity index (χ4n) is 2.51. The largest absolute Gasteiger partial charge is 0.465 e. The van der Waals surface area contributed by atoms with Crippen LogP contribution in [0.15, 0.2) is 61.1 Å². The zero-order valence-electron chi connectivity index (χ0n) is 14.5. The maximum atomic E-state index is 12.0. The third-order valence-corrected chi connectivity index (χ3v) is 3.77. The molecule has 1 N–H and O–H groups in total. The number of benzene rings is 1. The van der Waals surface area contributed by atoms with Gasteiger partial charge in [0, 0.05) is 48.0 Å². The molecule has 0 aliphatic carbocycles. The SMILES string of the molecule is CNc1cc(C#Cc2cccnc2)ccc1-c1ncccc1C(=O)OC. The molecule has 0 saturated carbocycles. The van der Waals surface area contributed by atoms with E-state index in [1.807, 2.05) is 37.4 Å². The van der Waals surface area contributed by atoms with Crippen molar-refractivity contribution in [3.05, 3.63) is 77.7 Å². The number of nitrogens with one attached hydrogen (secondary N) is 1. The monoisotopic (exact) mass is 343 g/mol. The summed E-state index contributed by atoms with van der Waals surface area (Å²) in [4.78, 5) is 20.4. The molecule has 3 aromatic rings. The molecule has 0 fully saturated rings. The van der Waals surface area contributed by atoms with Gasteiger partial charge in [-0.3, -0.25) is 9.97 Å². The van der Waals surface area contributed by atoms with Crippen molar-refractivity contribution in [1.29, 1.82) is 0 Å². The molecule has 0 amide bonds. The van der Waals surface area contributed by atoms with Gasteiger partial charge in [0.1, 0.15) is 0 Å². The van der Waals surface area contributed by atoms with Gasteiger partial charge in [-0.15, -0.1) is 0 Å². The zero-order chi connectivity index (χ0) is 18.4. The molecule has 2 heterocycles. The van der Waals surface area contributed by atoms with Crippen molar-refractivity contribution in [2.24, 2.45) is 0 Å². The first kappa shape index (κ1) is 17.2. The van der Waals surface area contributed by atoms with Crippen LogP contribution in [0.1, 0.15) is 21.5 Å². The van der Waals surface area contributed by atoms with Crippen LogP contribution in [-0.2, 0) is 4.74 Å². The normalized spacial score (nSPS) is 9.77. The first-order chi connectivity index (χ1) is 12.7. The maximum Gasteiger partial charge on any atom is 0.340 e. The summed E-state index contributed by atoms with van der Waals surface area (Å²) in [6.07, 6.45) is 5.08. The van der Waals surface area contributed by atoms with Crippen LogP contribution in [0.3, 0.4) is 0 Å². The number of rotatable bonds is 3. The van der Waals surface area contributed by atoms with E-state index in [0.29, 0.717) is 11.3 Å². The van der Waals surface area contributed by atoms with Gasteiger partial charge < -0.3 is 10.1 Å². The van der Waals surface area contributed by atoms with E-state index < -0.39 is 5.97 Å². The predicted octanol–water partition coefficient (Wildman–Crippen LogP) is 3.37. The third-order valence-electron chi connectivity index (χ3n) is 3.77. The number of esters is 1. The number of nitrogens with zero attached hydrogens (tertiary/aromatic N) is 2. The number of ether oxygens (including phenoxy) is 1. The van der Waals surface area contributed by atoms with E-state index in [-0.39, 0.29) is 0 Å². The minimum Gasteiger partial charge on any atom is -0.465 e. The molecule has 0 bridgehead atoms. The van der Waals surface area contributed by atoms with Crippen molar-refractivity contribution in [2.45, 2.75) is 0 Å². The van der Waals surface area contributed by atoms with Crippen LogP contribution in [0.4, 0.5) is 5.69 Å². The Morgan fingerprint density at radius 2 is 1.88 bits per heavy atom. The molecule has 26 heavy (non-hydrogen) atoms. The van der Waals surface area contributed by atoms with Gasteiger partial charge in [0.25, 0.3) is 0 Å². The van der Waals surface area contributed by atoms with Gasteiger partial charge in [-0.05, 0) is 42.5 Å². The van der Waals surface area contributed by atoms with Gasteiger partial charge in [0.2, 0.25) is 0 Å². The standard InChI is InChI=1S/C21H17N3O2/c1-22-19-13-15(7-8-16-5-3-11-23-14-16)9-10-17(19)20-18(21(25)26-2)6-4-12-24-20/h3-6,9-14,22H,1-2H3. The molecule has 0 atom stereocenters. The number of aromatic nitrogens is 2. The molecule has 0 spiro atoms. The van der Waals surface area contributed by atoms with Gasteiger partial charge in [-0.1, -0.05) is 11.8 Å². The number of methoxy groups -OCH3 is 1. The second-order valence-electron chi connectivity index (χ2n) is 5.39. The molecule has 5 nitrogen and oxygen atoms in total. The van der Waals surface area contributed by atoms with Gasteiger partial charge in [-0.2, -0.15) is 0 Å². The molecule has 128 valence electrons. The highest BCUT2D eigenvalue weighted by Gasteiger charge is 2.16. The Kier molecular flexibility index (Phi) is 5.25. The second-order valence-corrected chi connectivity index (χ2v) is 5.39. The zero-order valence-corrected chi connectivity index (χ0v) is 14.5. The quantitative estimate of drug-likeness (QED) is 0.583. The molecule has 1 aromatic carbocycles. The average Bonchev–Trinajstić information content (AvgIpc) is 2.72. The van der Waals surface area contributed by atoms with Crippen molar-refractivity contribution in [1.82, 2.24) is 9.97 Å². The van der Waals surface area contributed by atoms with Crippen LogP contribution in [0.5, 0.6) is 0 Å². The first-order valence-electron chi connectivity index (χ1n) is 8.00. The summed E-state index contributed by atoms with van der Waals surface area (Å²) in [5.74, 6) is 5.78. The highest BCUT2D eigenvalue weighted by atomic mass is 16.5. The number of carbonyl (C=O) groups is 1. The topological polar surface area (TPSA) is 64.1 Å². The smallest absolute Gasteiger partial charge is 0.340 e. The van der Waals surface area contributed by atoms with E-state index in [1.165, 1.54) is 7.11 Å². The van der Waals surface area contributed by atoms with Gasteiger partial charge in [0.15, 0.2) is 0 Å². The lowest BCUT2D eigenvalue weighted by Crippen LogP contribution is -2.06. The number of carbonyl (C=O) groups excluding carboxylic acids is 1. The lowest BCUT2D eigenvalue weighted by molar-refractivity contribution is 0.0601. The van der Waals surface area contributed by atoms with Gasteiger partial charge in [-0.25, -0.2) is 4.79 Å². The highest BCUT2D eigenvalue weighted by Crippen LogP contribution is 2.30. The van der Waals surface area contributed by atoms with E-state index >= 15 is 0 Å². The number of pyridine rings is 2. The fourth-order valence-corrected chi connectivity index (χ4v) is 2.51. The van der Waals surface area contributed by atoms with E-state index in [4.69, 9.17) is 4.74 Å². The molecule has 0 saturated heterocycles. The Bertz CT molecular complexity index is 989. The van der Waals surface area contributed by atoms with Gasteiger partial charge >= 0.3 is 5.97 Å². The summed E-state index contributed by atoms with van der Waals surface area (Å²) < 4.78 is 4.86. The molecular weight excluding hydrogens is 326 g/mol. The summed E-state index contributed by atoms with van der Waals surface area (Å²) in [7, 11) is 3.17. The summed E-state index contributed by atoms with van der Waals surface area (Å²) in [5, 5.41) is 3.14. The van der Waals surface area contributed by atoms with Crippen LogP contribution in [0.2, 0.25) is 0 Å². The summed E-state index contributed by atoms with van der Waals surface area (Å²) >= 11 is 0. The Balaban J connectivity index is 2.01. The van der Waals surface area contributed by atoms with Crippen molar-refractivity contribution in [3.8, 4) is 23.1 Å². The second kappa shape index (κ2) is 7.95. The minimum absolute atomic E-state index is 0.417. The maximum absolute atomic E-state index is 12.0. The van der Waals surface area contributed by atoms with Crippen LogP contribution in [0, 0.1) is 11.8 Å². The summed E-state index contributed by atoms with van der Waals surface area (Å²) in [5.41, 5.74) is 4.31. The lowest BCUT2D eigenvalue weighted by Gasteiger charge is -2.12. The molecule has 0 unspecified atom stereocenters. The Morgan fingerprint density at radius 3 is 2.62 bits per heavy atom. The fraction of sp³-hybridized carbons (Fsp3) is 0.0952. The van der Waals surface area contributed by atoms with E-state index in [2.05, 4.69) is 27.1 Å². The molecule has 0 aliphatic rings. The number of anilines is 1. The molecule has 2 aromatic heterocycles. The Hall–Kier alpha value is -3.65.